The van der Waals surface area contributed by atoms with Crippen LogP contribution >= 0.6 is 11.6 Å². The van der Waals surface area contributed by atoms with Crippen molar-refractivity contribution in [1.29, 1.82) is 0 Å². The molecule has 2 amide bonds. The Bertz CT molecular complexity index is 716. The summed E-state index contributed by atoms with van der Waals surface area (Å²) in [6.07, 6.45) is 0. The van der Waals surface area contributed by atoms with E-state index >= 15 is 0 Å². The lowest BCUT2D eigenvalue weighted by Crippen LogP contribution is -2.37. The molecule has 0 unspecified atom stereocenters. The zero-order chi connectivity index (χ0) is 17.5. The van der Waals surface area contributed by atoms with Gasteiger partial charge in [0.15, 0.2) is 0 Å². The van der Waals surface area contributed by atoms with E-state index in [1.54, 1.807) is 60.5 Å². The van der Waals surface area contributed by atoms with Gasteiger partial charge >= 0.3 is 0 Å². The van der Waals surface area contributed by atoms with Crippen LogP contribution in [0.2, 0.25) is 5.02 Å². The third-order valence-corrected chi connectivity index (χ3v) is 3.83. The average Bonchev–Trinajstić information content (AvgIpc) is 2.59. The Morgan fingerprint density at radius 2 is 1.79 bits per heavy atom. The highest BCUT2D eigenvalue weighted by atomic mass is 35.5. The first-order valence-corrected chi connectivity index (χ1v) is 7.85. The van der Waals surface area contributed by atoms with Crippen molar-refractivity contribution in [3.63, 3.8) is 0 Å². The van der Waals surface area contributed by atoms with Crippen molar-refractivity contribution in [1.82, 2.24) is 5.32 Å². The first kappa shape index (κ1) is 17.8. The average molecular weight is 347 g/mol. The minimum absolute atomic E-state index is 0.104. The molecule has 0 saturated heterocycles. The van der Waals surface area contributed by atoms with Crippen molar-refractivity contribution in [2.45, 2.75) is 6.92 Å². The number of anilines is 1. The van der Waals surface area contributed by atoms with E-state index in [9.17, 15) is 9.59 Å². The van der Waals surface area contributed by atoms with Crippen LogP contribution in [-0.2, 0) is 4.79 Å². The normalized spacial score (nSPS) is 10.1. The molecule has 126 valence electrons. The van der Waals surface area contributed by atoms with Gasteiger partial charge in [-0.3, -0.25) is 9.59 Å². The Hall–Kier alpha value is -2.53. The van der Waals surface area contributed by atoms with Gasteiger partial charge < -0.3 is 15.0 Å². The SMILES string of the molecule is COc1ccc(N(CCNC(=O)c2ccccc2Cl)C(C)=O)cc1. The number of hydrogen-bond acceptors (Lipinski definition) is 3. The smallest absolute Gasteiger partial charge is 0.252 e. The lowest BCUT2D eigenvalue weighted by atomic mass is 10.2. The molecule has 2 aromatic rings. The summed E-state index contributed by atoms with van der Waals surface area (Å²) in [5.74, 6) is 0.347. The predicted molar refractivity (Wildman–Crippen MR) is 94.8 cm³/mol. The van der Waals surface area contributed by atoms with E-state index < -0.39 is 0 Å². The summed E-state index contributed by atoms with van der Waals surface area (Å²) in [6.45, 7) is 2.16. The Morgan fingerprint density at radius 3 is 2.38 bits per heavy atom. The lowest BCUT2D eigenvalue weighted by molar-refractivity contribution is -0.116. The second kappa shape index (κ2) is 8.36. The van der Waals surface area contributed by atoms with Crippen molar-refractivity contribution >= 4 is 29.1 Å². The summed E-state index contributed by atoms with van der Waals surface area (Å²) in [7, 11) is 1.59. The first-order chi connectivity index (χ1) is 11.5. The summed E-state index contributed by atoms with van der Waals surface area (Å²) in [5, 5.41) is 3.17. The largest absolute Gasteiger partial charge is 0.497 e. The molecule has 0 fully saturated rings. The van der Waals surface area contributed by atoms with Crippen molar-refractivity contribution in [2.75, 3.05) is 25.1 Å². The van der Waals surface area contributed by atoms with E-state index in [4.69, 9.17) is 16.3 Å². The molecular formula is C18H19ClN2O3. The molecule has 0 aromatic heterocycles. The van der Waals surface area contributed by atoms with E-state index in [2.05, 4.69) is 5.32 Å². The molecule has 2 rings (SSSR count). The second-order valence-electron chi connectivity index (χ2n) is 5.10. The minimum Gasteiger partial charge on any atom is -0.497 e. The minimum atomic E-state index is -0.265. The number of halogens is 1. The molecule has 1 N–H and O–H groups in total. The van der Waals surface area contributed by atoms with Gasteiger partial charge in [-0.15, -0.1) is 0 Å². The summed E-state index contributed by atoms with van der Waals surface area (Å²) in [4.78, 5) is 25.6. The van der Waals surface area contributed by atoms with Gasteiger partial charge in [-0.1, -0.05) is 23.7 Å². The van der Waals surface area contributed by atoms with Crippen LogP contribution in [0.15, 0.2) is 48.5 Å². The van der Waals surface area contributed by atoms with E-state index in [0.29, 0.717) is 29.4 Å². The number of methoxy groups -OCH3 is 1. The molecular weight excluding hydrogens is 328 g/mol. The van der Waals surface area contributed by atoms with Gasteiger partial charge in [0.25, 0.3) is 5.91 Å². The number of carbonyl (C=O) groups is 2. The van der Waals surface area contributed by atoms with Crippen molar-refractivity contribution in [3.8, 4) is 5.75 Å². The van der Waals surface area contributed by atoms with Crippen LogP contribution in [0.4, 0.5) is 5.69 Å². The monoisotopic (exact) mass is 346 g/mol. The molecule has 24 heavy (non-hydrogen) atoms. The molecule has 0 atom stereocenters. The zero-order valence-corrected chi connectivity index (χ0v) is 14.3. The Morgan fingerprint density at radius 1 is 1.12 bits per heavy atom. The molecule has 6 heteroatoms. The van der Waals surface area contributed by atoms with Crippen LogP contribution in [0.5, 0.6) is 5.75 Å². The highest BCUT2D eigenvalue weighted by molar-refractivity contribution is 6.33. The highest BCUT2D eigenvalue weighted by Crippen LogP contribution is 2.19. The van der Waals surface area contributed by atoms with Gasteiger partial charge in [0.05, 0.1) is 17.7 Å². The number of nitrogens with zero attached hydrogens (tertiary/aromatic N) is 1. The fraction of sp³-hybridized carbons (Fsp3) is 0.222. The molecule has 0 spiro atoms. The van der Waals surface area contributed by atoms with Gasteiger partial charge in [-0.2, -0.15) is 0 Å². The van der Waals surface area contributed by atoms with Crippen LogP contribution in [0.25, 0.3) is 0 Å². The maximum Gasteiger partial charge on any atom is 0.252 e. The van der Waals surface area contributed by atoms with E-state index in [1.165, 1.54) is 6.92 Å². The number of benzene rings is 2. The summed E-state index contributed by atoms with van der Waals surface area (Å²) >= 11 is 6.00. The number of rotatable bonds is 6. The lowest BCUT2D eigenvalue weighted by Gasteiger charge is -2.21. The van der Waals surface area contributed by atoms with Crippen LogP contribution in [-0.4, -0.2) is 32.0 Å². The van der Waals surface area contributed by atoms with Gasteiger partial charge in [-0.25, -0.2) is 0 Å². The topological polar surface area (TPSA) is 58.6 Å². The zero-order valence-electron chi connectivity index (χ0n) is 13.6. The molecule has 0 aliphatic rings. The van der Waals surface area contributed by atoms with Gasteiger partial charge in [0.1, 0.15) is 5.75 Å². The van der Waals surface area contributed by atoms with E-state index in [0.717, 1.165) is 5.69 Å². The fourth-order valence-electron chi connectivity index (χ4n) is 2.25. The molecule has 0 radical (unpaired) electrons. The number of amides is 2. The standard InChI is InChI=1S/C18H19ClN2O3/c1-13(22)21(14-7-9-15(24-2)10-8-14)12-11-20-18(23)16-5-3-4-6-17(16)19/h3-10H,11-12H2,1-2H3,(H,20,23). The first-order valence-electron chi connectivity index (χ1n) is 7.48. The maximum absolute atomic E-state index is 12.1. The van der Waals surface area contributed by atoms with Gasteiger partial charge in [-0.05, 0) is 36.4 Å². The molecule has 0 aliphatic heterocycles. The Balaban J connectivity index is 1.98. The second-order valence-corrected chi connectivity index (χ2v) is 5.51. The molecule has 0 saturated carbocycles. The van der Waals surface area contributed by atoms with E-state index in [-0.39, 0.29) is 11.8 Å². The van der Waals surface area contributed by atoms with Crippen molar-refractivity contribution < 1.29 is 14.3 Å². The Labute approximate surface area is 146 Å². The van der Waals surface area contributed by atoms with E-state index in [1.807, 2.05) is 0 Å². The van der Waals surface area contributed by atoms with Crippen LogP contribution in [0.1, 0.15) is 17.3 Å². The highest BCUT2D eigenvalue weighted by Gasteiger charge is 2.13. The van der Waals surface area contributed by atoms with Crippen molar-refractivity contribution in [3.05, 3.63) is 59.1 Å². The summed E-state index contributed by atoms with van der Waals surface area (Å²) < 4.78 is 5.11. The number of nitrogens with one attached hydrogen (secondary N) is 1. The summed E-state index contributed by atoms with van der Waals surface area (Å²) in [5.41, 5.74) is 1.16. The van der Waals surface area contributed by atoms with Crippen LogP contribution < -0.4 is 15.0 Å². The third kappa shape index (κ3) is 4.49. The van der Waals surface area contributed by atoms with Gasteiger partial charge in [0, 0.05) is 25.7 Å². The Kier molecular flexibility index (Phi) is 6.21. The van der Waals surface area contributed by atoms with Crippen LogP contribution in [0.3, 0.4) is 0 Å². The predicted octanol–water partition coefficient (Wildman–Crippen LogP) is 3.13. The third-order valence-electron chi connectivity index (χ3n) is 3.50. The number of hydrogen-bond donors (Lipinski definition) is 1. The van der Waals surface area contributed by atoms with Crippen LogP contribution in [0, 0.1) is 0 Å². The number of carbonyl (C=O) groups excluding carboxylic acids is 2. The quantitative estimate of drug-likeness (QED) is 0.874. The molecule has 2 aromatic carbocycles. The maximum atomic E-state index is 12.1. The van der Waals surface area contributed by atoms with Gasteiger partial charge in [0.2, 0.25) is 5.91 Å². The number of ether oxygens (including phenoxy) is 1. The molecule has 0 aliphatic carbocycles. The molecule has 0 bridgehead atoms. The molecule has 0 heterocycles. The fourth-order valence-corrected chi connectivity index (χ4v) is 2.47. The van der Waals surface area contributed by atoms with Crippen molar-refractivity contribution in [2.24, 2.45) is 0 Å². The summed E-state index contributed by atoms with van der Waals surface area (Å²) in [6, 6.07) is 14.0. The molecule has 5 nitrogen and oxygen atoms in total.